The number of thiazole rings is 1. The molecule has 1 amide bonds. The lowest BCUT2D eigenvalue weighted by molar-refractivity contribution is -0.132. The zero-order valence-corrected chi connectivity index (χ0v) is 19.9. The molecule has 2 aliphatic heterocycles. The number of benzene rings is 1. The molecule has 0 saturated carbocycles. The molecule has 1 fully saturated rings. The summed E-state index contributed by atoms with van der Waals surface area (Å²) in [7, 11) is 0. The van der Waals surface area contributed by atoms with Gasteiger partial charge in [-0.3, -0.25) is 9.69 Å². The molecular formula is C24H33N3O4S. The van der Waals surface area contributed by atoms with Crippen LogP contribution in [0.15, 0.2) is 23.6 Å². The Morgan fingerprint density at radius 3 is 3.00 bits per heavy atom. The largest absolute Gasteiger partial charge is 0.490 e. The first-order chi connectivity index (χ1) is 15.6. The van der Waals surface area contributed by atoms with Crippen molar-refractivity contribution in [2.45, 2.75) is 45.7 Å². The highest BCUT2D eigenvalue weighted by Crippen LogP contribution is 2.34. The van der Waals surface area contributed by atoms with E-state index >= 15 is 0 Å². The molecular weight excluding hydrogens is 426 g/mol. The molecule has 2 aromatic rings. The SMILES string of the molecule is CCOc1cccc2c1OCCOCCN(C(=O)Cc1csc(C)n1)C[C@@H]1CCCN1C2. The molecule has 7 nitrogen and oxygen atoms in total. The van der Waals surface area contributed by atoms with Crippen molar-refractivity contribution in [2.75, 3.05) is 46.1 Å². The summed E-state index contributed by atoms with van der Waals surface area (Å²) in [6, 6.07) is 6.42. The topological polar surface area (TPSA) is 64.1 Å². The van der Waals surface area contributed by atoms with E-state index in [0.717, 1.165) is 53.7 Å². The lowest BCUT2D eigenvalue weighted by Gasteiger charge is -2.31. The van der Waals surface area contributed by atoms with E-state index in [9.17, 15) is 4.79 Å². The molecule has 1 atom stereocenters. The van der Waals surface area contributed by atoms with Crippen molar-refractivity contribution in [3.8, 4) is 11.5 Å². The normalized spacial score (nSPS) is 20.3. The van der Waals surface area contributed by atoms with Gasteiger partial charge in [0.1, 0.15) is 6.61 Å². The molecule has 0 radical (unpaired) electrons. The van der Waals surface area contributed by atoms with E-state index < -0.39 is 0 Å². The monoisotopic (exact) mass is 459 g/mol. The quantitative estimate of drug-likeness (QED) is 0.699. The summed E-state index contributed by atoms with van der Waals surface area (Å²) < 4.78 is 17.8. The number of carbonyl (C=O) groups excluding carboxylic acids is 1. The van der Waals surface area contributed by atoms with Crippen LogP contribution in [0.3, 0.4) is 0 Å². The molecule has 1 saturated heterocycles. The Morgan fingerprint density at radius 2 is 2.19 bits per heavy atom. The highest BCUT2D eigenvalue weighted by Gasteiger charge is 2.29. The molecule has 174 valence electrons. The molecule has 2 aliphatic rings. The first-order valence-corrected chi connectivity index (χ1v) is 12.4. The van der Waals surface area contributed by atoms with Gasteiger partial charge in [0.05, 0.1) is 36.9 Å². The number of aryl methyl sites for hydroxylation is 1. The zero-order valence-electron chi connectivity index (χ0n) is 19.0. The lowest BCUT2D eigenvalue weighted by atomic mass is 10.1. The molecule has 8 heteroatoms. The second-order valence-corrected chi connectivity index (χ2v) is 9.34. The Kier molecular flexibility index (Phi) is 8.00. The van der Waals surface area contributed by atoms with E-state index in [1.54, 1.807) is 11.3 Å². The summed E-state index contributed by atoms with van der Waals surface area (Å²) in [5.41, 5.74) is 1.98. The number of hydrogen-bond acceptors (Lipinski definition) is 7. The zero-order chi connectivity index (χ0) is 22.3. The summed E-state index contributed by atoms with van der Waals surface area (Å²) in [4.78, 5) is 22.1. The molecule has 0 unspecified atom stereocenters. The summed E-state index contributed by atoms with van der Waals surface area (Å²) >= 11 is 1.59. The fourth-order valence-electron chi connectivity index (χ4n) is 4.46. The molecule has 0 aliphatic carbocycles. The average Bonchev–Trinajstić information content (AvgIpc) is 3.39. The van der Waals surface area contributed by atoms with E-state index in [1.807, 2.05) is 36.3 Å². The lowest BCUT2D eigenvalue weighted by Crippen LogP contribution is -2.44. The molecule has 0 bridgehead atoms. The van der Waals surface area contributed by atoms with Crippen molar-refractivity contribution in [3.05, 3.63) is 39.8 Å². The van der Waals surface area contributed by atoms with Gasteiger partial charge in [0.25, 0.3) is 0 Å². The van der Waals surface area contributed by atoms with Gasteiger partial charge >= 0.3 is 0 Å². The number of carbonyl (C=O) groups is 1. The van der Waals surface area contributed by atoms with Gasteiger partial charge in [-0.25, -0.2) is 4.98 Å². The van der Waals surface area contributed by atoms with E-state index in [2.05, 4.69) is 16.0 Å². The van der Waals surface area contributed by atoms with Gasteiger partial charge < -0.3 is 19.1 Å². The predicted octanol–water partition coefficient (Wildman–Crippen LogP) is 3.29. The van der Waals surface area contributed by atoms with Crippen LogP contribution >= 0.6 is 11.3 Å². The average molecular weight is 460 g/mol. The molecule has 0 spiro atoms. The van der Waals surface area contributed by atoms with Gasteiger partial charge in [0.2, 0.25) is 5.91 Å². The number of nitrogens with zero attached hydrogens (tertiary/aromatic N) is 3. The highest BCUT2D eigenvalue weighted by atomic mass is 32.1. The number of aromatic nitrogens is 1. The van der Waals surface area contributed by atoms with Crippen molar-refractivity contribution in [2.24, 2.45) is 0 Å². The maximum atomic E-state index is 13.1. The Balaban J connectivity index is 1.52. The van der Waals surface area contributed by atoms with Crippen LogP contribution in [0, 0.1) is 6.92 Å². The van der Waals surface area contributed by atoms with Crippen LogP contribution in [0.2, 0.25) is 0 Å². The van der Waals surface area contributed by atoms with E-state index in [-0.39, 0.29) is 5.91 Å². The minimum atomic E-state index is 0.121. The van der Waals surface area contributed by atoms with Crippen LogP contribution in [-0.4, -0.2) is 72.8 Å². The number of rotatable bonds is 4. The van der Waals surface area contributed by atoms with Crippen LogP contribution in [-0.2, 0) is 22.5 Å². The van der Waals surface area contributed by atoms with Gasteiger partial charge in [0.15, 0.2) is 11.5 Å². The predicted molar refractivity (Wildman–Crippen MR) is 124 cm³/mol. The van der Waals surface area contributed by atoms with Gasteiger partial charge in [-0.1, -0.05) is 12.1 Å². The third-order valence-electron chi connectivity index (χ3n) is 6.00. The summed E-state index contributed by atoms with van der Waals surface area (Å²) in [6.07, 6.45) is 2.57. The summed E-state index contributed by atoms with van der Waals surface area (Å²) in [5.74, 6) is 1.72. The molecule has 3 heterocycles. The van der Waals surface area contributed by atoms with E-state index in [0.29, 0.717) is 52.0 Å². The third-order valence-corrected chi connectivity index (χ3v) is 6.82. The van der Waals surface area contributed by atoms with Gasteiger partial charge in [-0.15, -0.1) is 11.3 Å². The third kappa shape index (κ3) is 5.79. The number of amides is 1. The van der Waals surface area contributed by atoms with Crippen LogP contribution in [0.5, 0.6) is 11.5 Å². The Hall–Kier alpha value is -2.16. The minimum absolute atomic E-state index is 0.121. The van der Waals surface area contributed by atoms with Crippen molar-refractivity contribution in [1.29, 1.82) is 0 Å². The maximum Gasteiger partial charge on any atom is 0.228 e. The van der Waals surface area contributed by atoms with E-state index in [1.165, 1.54) is 0 Å². The van der Waals surface area contributed by atoms with Crippen LogP contribution < -0.4 is 9.47 Å². The number of hydrogen-bond donors (Lipinski definition) is 0. The highest BCUT2D eigenvalue weighted by molar-refractivity contribution is 7.09. The first kappa shape index (κ1) is 23.0. The second-order valence-electron chi connectivity index (χ2n) is 8.28. The van der Waals surface area contributed by atoms with Crippen LogP contribution in [0.1, 0.15) is 36.0 Å². The minimum Gasteiger partial charge on any atom is -0.490 e. The van der Waals surface area contributed by atoms with Crippen molar-refractivity contribution in [3.63, 3.8) is 0 Å². The van der Waals surface area contributed by atoms with Gasteiger partial charge in [-0.05, 0) is 39.3 Å². The molecule has 32 heavy (non-hydrogen) atoms. The van der Waals surface area contributed by atoms with Gasteiger partial charge in [-0.2, -0.15) is 0 Å². The number of ether oxygens (including phenoxy) is 3. The fourth-order valence-corrected chi connectivity index (χ4v) is 5.07. The summed E-state index contributed by atoms with van der Waals surface area (Å²) in [5, 5.41) is 2.98. The maximum absolute atomic E-state index is 13.1. The van der Waals surface area contributed by atoms with Crippen molar-refractivity contribution >= 4 is 17.2 Å². The molecule has 1 aromatic heterocycles. The molecule has 1 aromatic carbocycles. The molecule has 0 N–H and O–H groups in total. The van der Waals surface area contributed by atoms with E-state index in [4.69, 9.17) is 14.2 Å². The van der Waals surface area contributed by atoms with Crippen molar-refractivity contribution in [1.82, 2.24) is 14.8 Å². The number of para-hydroxylation sites is 1. The smallest absolute Gasteiger partial charge is 0.228 e. The standard InChI is InChI=1S/C24H33N3O4S/c1-3-30-22-8-4-6-19-15-26-9-5-7-21(26)16-27(10-11-29-12-13-31-24(19)22)23(28)14-20-17-32-18(2)25-20/h4,6,8,17,21H,3,5,7,9-16H2,1-2H3/t21-/m0/s1. The Morgan fingerprint density at radius 1 is 1.28 bits per heavy atom. The Bertz CT molecular complexity index is 903. The first-order valence-electron chi connectivity index (χ1n) is 11.5. The van der Waals surface area contributed by atoms with Crippen molar-refractivity contribution < 1.29 is 19.0 Å². The number of fused-ring (bicyclic) bond motifs is 2. The fraction of sp³-hybridized carbons (Fsp3) is 0.583. The van der Waals surface area contributed by atoms with Gasteiger partial charge in [0, 0.05) is 36.6 Å². The van der Waals surface area contributed by atoms with Crippen LogP contribution in [0.25, 0.3) is 0 Å². The van der Waals surface area contributed by atoms with Crippen LogP contribution in [0.4, 0.5) is 0 Å². The molecule has 4 rings (SSSR count). The Labute approximate surface area is 194 Å². The summed E-state index contributed by atoms with van der Waals surface area (Å²) in [6.45, 7) is 9.08. The second kappa shape index (κ2) is 11.1.